The largest absolute Gasteiger partial charge is 0.337 e. The molecule has 2 aromatic rings. The zero-order valence-electron chi connectivity index (χ0n) is 10.5. The van der Waals surface area contributed by atoms with E-state index in [1.165, 1.54) is 12.1 Å². The van der Waals surface area contributed by atoms with Crippen LogP contribution in [-0.4, -0.2) is 32.6 Å². The first-order valence-electron chi connectivity index (χ1n) is 5.52. The molecule has 0 aromatic carbocycles. The molecule has 2 aromatic heterocycles. The van der Waals surface area contributed by atoms with Crippen molar-refractivity contribution in [3.8, 4) is 0 Å². The first-order chi connectivity index (χ1) is 8.95. The number of carbonyl (C=O) groups is 1. The number of halogens is 2. The highest BCUT2D eigenvalue weighted by molar-refractivity contribution is 6.33. The fourth-order valence-electron chi connectivity index (χ4n) is 1.71. The topological polar surface area (TPSA) is 51.0 Å². The zero-order chi connectivity index (χ0) is 14.0. The molecule has 0 aliphatic heterocycles. The number of nitrogens with zero attached hydrogens (tertiary/aromatic N) is 4. The summed E-state index contributed by atoms with van der Waals surface area (Å²) in [6.45, 7) is 0.463. The normalized spacial score (nSPS) is 10.5. The summed E-state index contributed by atoms with van der Waals surface area (Å²) in [6, 6.07) is 2.99. The molecule has 5 nitrogen and oxygen atoms in total. The number of aromatic nitrogens is 3. The van der Waals surface area contributed by atoms with Crippen molar-refractivity contribution in [2.45, 2.75) is 6.54 Å². The summed E-state index contributed by atoms with van der Waals surface area (Å²) in [5.41, 5.74) is 1.36. The molecule has 2 heterocycles. The lowest BCUT2D eigenvalue weighted by atomic mass is 10.2. The summed E-state index contributed by atoms with van der Waals surface area (Å²) in [4.78, 5) is 17.6. The van der Waals surface area contributed by atoms with Gasteiger partial charge in [0.1, 0.15) is 10.3 Å². The van der Waals surface area contributed by atoms with Gasteiger partial charge in [-0.15, -0.1) is 0 Å². The number of hydrogen-bond acceptors (Lipinski definition) is 3. The Balaban J connectivity index is 2.14. The molecule has 0 bridgehead atoms. The number of amides is 1. The lowest BCUT2D eigenvalue weighted by molar-refractivity contribution is 0.0785. The molecular weight excluding hydrogens is 287 g/mol. The van der Waals surface area contributed by atoms with Gasteiger partial charge in [0.15, 0.2) is 0 Å². The van der Waals surface area contributed by atoms with E-state index in [4.69, 9.17) is 23.2 Å². The Bertz CT molecular complexity index is 591. The van der Waals surface area contributed by atoms with Gasteiger partial charge < -0.3 is 4.90 Å². The summed E-state index contributed by atoms with van der Waals surface area (Å²) in [5.74, 6) is -0.171. The lowest BCUT2D eigenvalue weighted by Crippen LogP contribution is -2.26. The summed E-state index contributed by atoms with van der Waals surface area (Å²) in [5, 5.41) is 4.46. The summed E-state index contributed by atoms with van der Waals surface area (Å²) in [7, 11) is 3.53. The van der Waals surface area contributed by atoms with Gasteiger partial charge in [0.25, 0.3) is 5.91 Å². The van der Waals surface area contributed by atoms with Gasteiger partial charge in [-0.2, -0.15) is 5.10 Å². The van der Waals surface area contributed by atoms with Crippen molar-refractivity contribution in [3.63, 3.8) is 0 Å². The van der Waals surface area contributed by atoms with Gasteiger partial charge in [0.05, 0.1) is 6.20 Å². The van der Waals surface area contributed by atoms with Crippen LogP contribution in [0.4, 0.5) is 0 Å². The van der Waals surface area contributed by atoms with E-state index in [0.29, 0.717) is 12.1 Å². The third kappa shape index (κ3) is 3.45. The minimum atomic E-state index is -0.171. The van der Waals surface area contributed by atoms with Crippen LogP contribution in [0.2, 0.25) is 10.3 Å². The minimum absolute atomic E-state index is 0.171. The van der Waals surface area contributed by atoms with Crippen molar-refractivity contribution < 1.29 is 4.79 Å². The number of carbonyl (C=O) groups excluding carboxylic acids is 1. The monoisotopic (exact) mass is 298 g/mol. The number of hydrogen-bond donors (Lipinski definition) is 0. The molecule has 19 heavy (non-hydrogen) atoms. The van der Waals surface area contributed by atoms with Crippen LogP contribution in [-0.2, 0) is 13.6 Å². The fraction of sp³-hybridized carbons (Fsp3) is 0.250. The Hall–Kier alpha value is -1.59. The molecule has 0 radical (unpaired) electrons. The third-order valence-corrected chi connectivity index (χ3v) is 2.92. The summed E-state index contributed by atoms with van der Waals surface area (Å²) < 4.78 is 1.69. The summed E-state index contributed by atoms with van der Waals surface area (Å²) in [6.07, 6.45) is 3.58. The molecule has 0 unspecified atom stereocenters. The van der Waals surface area contributed by atoms with Gasteiger partial charge in [0, 0.05) is 38.0 Å². The van der Waals surface area contributed by atoms with Crippen LogP contribution in [0.3, 0.4) is 0 Å². The second kappa shape index (κ2) is 5.59. The average Bonchev–Trinajstić information content (AvgIpc) is 2.72. The van der Waals surface area contributed by atoms with Crippen molar-refractivity contribution in [1.29, 1.82) is 0 Å². The van der Waals surface area contributed by atoms with E-state index in [0.717, 1.165) is 5.56 Å². The number of rotatable bonds is 3. The molecule has 2 rings (SSSR count). The van der Waals surface area contributed by atoms with Crippen LogP contribution in [0.15, 0.2) is 24.5 Å². The Morgan fingerprint density at radius 3 is 2.53 bits per heavy atom. The quantitative estimate of drug-likeness (QED) is 0.818. The predicted octanol–water partition coefficient (Wildman–Crippen LogP) is 2.39. The van der Waals surface area contributed by atoms with Crippen molar-refractivity contribution in [2.24, 2.45) is 7.05 Å². The SMILES string of the molecule is CN(Cc1cnn(C)c1)C(=O)c1cc(Cl)nc(Cl)c1. The van der Waals surface area contributed by atoms with E-state index in [2.05, 4.69) is 10.1 Å². The molecule has 7 heteroatoms. The molecule has 0 aliphatic carbocycles. The molecule has 1 amide bonds. The molecule has 0 saturated heterocycles. The highest BCUT2D eigenvalue weighted by Crippen LogP contribution is 2.16. The van der Waals surface area contributed by atoms with Crippen LogP contribution in [0.5, 0.6) is 0 Å². The first-order valence-corrected chi connectivity index (χ1v) is 6.27. The van der Waals surface area contributed by atoms with Crippen LogP contribution in [0.25, 0.3) is 0 Å². The number of pyridine rings is 1. The van der Waals surface area contributed by atoms with E-state index in [-0.39, 0.29) is 16.2 Å². The van der Waals surface area contributed by atoms with Crippen LogP contribution >= 0.6 is 23.2 Å². The van der Waals surface area contributed by atoms with Gasteiger partial charge in [-0.05, 0) is 12.1 Å². The fourth-order valence-corrected chi connectivity index (χ4v) is 2.17. The number of aryl methyl sites for hydroxylation is 1. The van der Waals surface area contributed by atoms with Crippen LogP contribution in [0, 0.1) is 0 Å². The predicted molar refractivity (Wildman–Crippen MR) is 73.3 cm³/mol. The maximum absolute atomic E-state index is 12.2. The van der Waals surface area contributed by atoms with Crippen molar-refractivity contribution in [1.82, 2.24) is 19.7 Å². The Morgan fingerprint density at radius 1 is 1.37 bits per heavy atom. The van der Waals surface area contributed by atoms with Crippen molar-refractivity contribution in [2.75, 3.05) is 7.05 Å². The standard InChI is InChI=1S/C12H12Cl2N4O/c1-17(6-8-5-15-18(2)7-8)12(19)9-3-10(13)16-11(14)4-9/h3-5,7H,6H2,1-2H3. The van der Waals surface area contributed by atoms with E-state index in [1.54, 1.807) is 22.8 Å². The van der Waals surface area contributed by atoms with Crippen molar-refractivity contribution >= 4 is 29.1 Å². The average molecular weight is 299 g/mol. The van der Waals surface area contributed by atoms with E-state index in [1.807, 2.05) is 13.2 Å². The lowest BCUT2D eigenvalue weighted by Gasteiger charge is -2.16. The second-order valence-corrected chi connectivity index (χ2v) is 4.96. The first kappa shape index (κ1) is 13.8. The molecule has 0 fully saturated rings. The molecule has 0 aliphatic rings. The second-order valence-electron chi connectivity index (χ2n) is 4.18. The zero-order valence-corrected chi connectivity index (χ0v) is 12.0. The molecule has 0 N–H and O–H groups in total. The van der Waals surface area contributed by atoms with Gasteiger partial charge in [-0.3, -0.25) is 9.48 Å². The third-order valence-electron chi connectivity index (χ3n) is 2.53. The maximum Gasteiger partial charge on any atom is 0.254 e. The van der Waals surface area contributed by atoms with Crippen LogP contribution in [0.1, 0.15) is 15.9 Å². The van der Waals surface area contributed by atoms with Gasteiger partial charge in [0.2, 0.25) is 0 Å². The smallest absolute Gasteiger partial charge is 0.254 e. The van der Waals surface area contributed by atoms with Gasteiger partial charge in [-0.25, -0.2) is 4.98 Å². The minimum Gasteiger partial charge on any atom is -0.337 e. The Kier molecular flexibility index (Phi) is 4.07. The van der Waals surface area contributed by atoms with E-state index >= 15 is 0 Å². The van der Waals surface area contributed by atoms with Crippen LogP contribution < -0.4 is 0 Å². The Labute approximate surface area is 120 Å². The Morgan fingerprint density at radius 2 is 2.00 bits per heavy atom. The van der Waals surface area contributed by atoms with E-state index < -0.39 is 0 Å². The molecular formula is C12H12Cl2N4O. The highest BCUT2D eigenvalue weighted by Gasteiger charge is 2.14. The van der Waals surface area contributed by atoms with Gasteiger partial charge >= 0.3 is 0 Å². The molecule has 100 valence electrons. The molecule has 0 spiro atoms. The molecule has 0 atom stereocenters. The van der Waals surface area contributed by atoms with Gasteiger partial charge in [-0.1, -0.05) is 23.2 Å². The van der Waals surface area contributed by atoms with Crippen molar-refractivity contribution in [3.05, 3.63) is 46.0 Å². The highest BCUT2D eigenvalue weighted by atomic mass is 35.5. The maximum atomic E-state index is 12.2. The summed E-state index contributed by atoms with van der Waals surface area (Å²) >= 11 is 11.6. The van der Waals surface area contributed by atoms with E-state index in [9.17, 15) is 4.79 Å². The molecule has 0 saturated carbocycles.